The van der Waals surface area contributed by atoms with Gasteiger partial charge in [-0.25, -0.2) is 0 Å². The van der Waals surface area contributed by atoms with Gasteiger partial charge in [-0.1, -0.05) is 0 Å². The van der Waals surface area contributed by atoms with Crippen molar-refractivity contribution in [1.29, 1.82) is 0 Å². The molecule has 1 heterocycles. The average Bonchev–Trinajstić information content (AvgIpc) is 2.65. The zero-order chi connectivity index (χ0) is 10.8. The molecule has 0 bridgehead atoms. The van der Waals surface area contributed by atoms with Gasteiger partial charge in [-0.15, -0.1) is 0 Å². The molecule has 15 heavy (non-hydrogen) atoms. The van der Waals surface area contributed by atoms with Crippen molar-refractivity contribution >= 4 is 6.29 Å². The molecule has 76 valence electrons. The van der Waals surface area contributed by atoms with Gasteiger partial charge in [0, 0.05) is 24.4 Å². The summed E-state index contributed by atoms with van der Waals surface area (Å²) in [6.07, 6.45) is 2.39. The molecular weight excluding hydrogens is 192 g/mol. The highest BCUT2D eigenvalue weighted by molar-refractivity contribution is 5.80. The summed E-state index contributed by atoms with van der Waals surface area (Å²) in [5.74, 6) is 0.143. The second-order valence-electron chi connectivity index (χ2n) is 3.23. The first-order valence-corrected chi connectivity index (χ1v) is 4.49. The number of aryl methyl sites for hydroxylation is 1. The first-order chi connectivity index (χ1) is 7.22. The molecule has 0 radical (unpaired) electrons. The Balaban J connectivity index is 2.61. The number of carbonyl (C=O) groups excluding carboxylic acids is 1. The number of carbonyl (C=O) groups is 1. The number of phenols is 1. The third-order valence-electron chi connectivity index (χ3n) is 2.25. The topological polar surface area (TPSA) is 55.1 Å². The molecule has 0 aliphatic heterocycles. The number of benzene rings is 1. The zero-order valence-corrected chi connectivity index (χ0v) is 8.21. The largest absolute Gasteiger partial charge is 0.507 e. The third kappa shape index (κ3) is 1.61. The van der Waals surface area contributed by atoms with Crippen LogP contribution in [-0.2, 0) is 7.05 Å². The minimum atomic E-state index is 0.143. The highest BCUT2D eigenvalue weighted by atomic mass is 16.3. The Morgan fingerprint density at radius 1 is 1.40 bits per heavy atom. The van der Waals surface area contributed by atoms with Crippen LogP contribution in [0, 0.1) is 0 Å². The molecule has 0 saturated carbocycles. The molecule has 0 aliphatic carbocycles. The molecule has 4 nitrogen and oxygen atoms in total. The van der Waals surface area contributed by atoms with E-state index >= 15 is 0 Å². The van der Waals surface area contributed by atoms with Crippen LogP contribution in [0.15, 0.2) is 30.5 Å². The van der Waals surface area contributed by atoms with Crippen LogP contribution in [0.1, 0.15) is 10.4 Å². The molecule has 4 heteroatoms. The van der Waals surface area contributed by atoms with Gasteiger partial charge in [-0.2, -0.15) is 5.10 Å². The summed E-state index contributed by atoms with van der Waals surface area (Å²) in [7, 11) is 1.78. The maximum absolute atomic E-state index is 10.6. The van der Waals surface area contributed by atoms with Gasteiger partial charge in [0.2, 0.25) is 0 Å². The maximum Gasteiger partial charge on any atom is 0.150 e. The van der Waals surface area contributed by atoms with Crippen LogP contribution in [0.25, 0.3) is 11.3 Å². The number of aldehydes is 1. The fourth-order valence-corrected chi connectivity index (χ4v) is 1.47. The van der Waals surface area contributed by atoms with E-state index in [0.29, 0.717) is 11.1 Å². The van der Waals surface area contributed by atoms with Crippen LogP contribution in [-0.4, -0.2) is 21.2 Å². The summed E-state index contributed by atoms with van der Waals surface area (Å²) < 4.78 is 1.64. The second-order valence-corrected chi connectivity index (χ2v) is 3.23. The molecule has 1 aromatic heterocycles. The smallest absolute Gasteiger partial charge is 0.150 e. The summed E-state index contributed by atoms with van der Waals surface area (Å²) in [6.45, 7) is 0. The molecule has 0 saturated heterocycles. The lowest BCUT2D eigenvalue weighted by Gasteiger charge is -2.05. The molecule has 2 rings (SSSR count). The Morgan fingerprint density at radius 3 is 2.80 bits per heavy atom. The lowest BCUT2D eigenvalue weighted by Crippen LogP contribution is -1.94. The van der Waals surface area contributed by atoms with Gasteiger partial charge in [0.05, 0.1) is 5.69 Å². The van der Waals surface area contributed by atoms with Crippen LogP contribution in [0.4, 0.5) is 0 Å². The zero-order valence-electron chi connectivity index (χ0n) is 8.21. The molecule has 0 unspecified atom stereocenters. The van der Waals surface area contributed by atoms with Crippen LogP contribution in [0.3, 0.4) is 0 Å². The average molecular weight is 202 g/mol. The van der Waals surface area contributed by atoms with Gasteiger partial charge in [0.25, 0.3) is 0 Å². The van der Waals surface area contributed by atoms with Crippen LogP contribution >= 0.6 is 0 Å². The normalized spacial score (nSPS) is 10.2. The van der Waals surface area contributed by atoms with E-state index in [9.17, 15) is 9.90 Å². The summed E-state index contributed by atoms with van der Waals surface area (Å²) in [4.78, 5) is 10.6. The fraction of sp³-hybridized carbons (Fsp3) is 0.0909. The summed E-state index contributed by atoms with van der Waals surface area (Å²) >= 11 is 0. The Morgan fingerprint density at radius 2 is 2.20 bits per heavy atom. The Bertz CT molecular complexity index is 503. The quantitative estimate of drug-likeness (QED) is 0.752. The van der Waals surface area contributed by atoms with Crippen molar-refractivity contribution in [3.63, 3.8) is 0 Å². The van der Waals surface area contributed by atoms with Crippen molar-refractivity contribution in [2.45, 2.75) is 0 Å². The molecule has 0 spiro atoms. The Labute approximate surface area is 86.8 Å². The van der Waals surface area contributed by atoms with Crippen LogP contribution in [0.5, 0.6) is 5.75 Å². The van der Waals surface area contributed by atoms with E-state index in [1.165, 1.54) is 6.07 Å². The van der Waals surface area contributed by atoms with E-state index in [0.717, 1.165) is 12.0 Å². The van der Waals surface area contributed by atoms with Crippen LogP contribution in [0.2, 0.25) is 0 Å². The van der Waals surface area contributed by atoms with E-state index in [4.69, 9.17) is 0 Å². The first-order valence-electron chi connectivity index (χ1n) is 4.49. The van der Waals surface area contributed by atoms with Gasteiger partial charge in [-0.05, 0) is 24.3 Å². The minimum Gasteiger partial charge on any atom is -0.507 e. The number of rotatable bonds is 2. The number of hydrogen-bond donors (Lipinski definition) is 1. The molecule has 0 atom stereocenters. The van der Waals surface area contributed by atoms with Gasteiger partial charge in [0.15, 0.2) is 0 Å². The van der Waals surface area contributed by atoms with E-state index in [1.807, 2.05) is 0 Å². The van der Waals surface area contributed by atoms with Crippen molar-refractivity contribution in [3.8, 4) is 17.0 Å². The van der Waals surface area contributed by atoms with E-state index in [2.05, 4.69) is 5.10 Å². The number of aromatic nitrogens is 2. The van der Waals surface area contributed by atoms with Crippen molar-refractivity contribution in [3.05, 3.63) is 36.0 Å². The monoisotopic (exact) mass is 202 g/mol. The molecule has 0 fully saturated rings. The molecule has 1 aromatic carbocycles. The van der Waals surface area contributed by atoms with E-state index < -0.39 is 0 Å². The summed E-state index contributed by atoms with van der Waals surface area (Å²) in [5, 5.41) is 13.7. The van der Waals surface area contributed by atoms with Crippen molar-refractivity contribution in [2.24, 2.45) is 7.05 Å². The van der Waals surface area contributed by atoms with E-state index in [1.54, 1.807) is 36.1 Å². The number of aromatic hydroxyl groups is 1. The maximum atomic E-state index is 10.6. The standard InChI is InChI=1S/C11H10N2O2/c1-13-10(4-5-12-13)9-6-8(7-14)2-3-11(9)15/h2-7,15H,1H3. The molecule has 2 aromatic rings. The number of nitrogens with zero attached hydrogens (tertiary/aromatic N) is 2. The number of phenolic OH excluding ortho intramolecular Hbond substituents is 1. The van der Waals surface area contributed by atoms with Gasteiger partial charge in [-0.3, -0.25) is 9.48 Å². The molecule has 1 N–H and O–H groups in total. The minimum absolute atomic E-state index is 0.143. The summed E-state index contributed by atoms with van der Waals surface area (Å²) in [6, 6.07) is 6.50. The molecular formula is C11H10N2O2. The Kier molecular flexibility index (Phi) is 2.25. The number of hydrogen-bond acceptors (Lipinski definition) is 3. The third-order valence-corrected chi connectivity index (χ3v) is 2.25. The van der Waals surface area contributed by atoms with Crippen molar-refractivity contribution < 1.29 is 9.90 Å². The predicted octanol–water partition coefficient (Wildman–Crippen LogP) is 1.61. The Hall–Kier alpha value is -2.10. The lowest BCUT2D eigenvalue weighted by molar-refractivity contribution is 0.112. The molecule has 0 aliphatic rings. The molecule has 0 amide bonds. The van der Waals surface area contributed by atoms with Crippen molar-refractivity contribution in [2.75, 3.05) is 0 Å². The second kappa shape index (κ2) is 3.57. The lowest BCUT2D eigenvalue weighted by atomic mass is 10.1. The van der Waals surface area contributed by atoms with Crippen LogP contribution < -0.4 is 0 Å². The summed E-state index contributed by atoms with van der Waals surface area (Å²) in [5.41, 5.74) is 1.92. The van der Waals surface area contributed by atoms with E-state index in [-0.39, 0.29) is 5.75 Å². The highest BCUT2D eigenvalue weighted by Crippen LogP contribution is 2.28. The van der Waals surface area contributed by atoms with Gasteiger partial charge in [0.1, 0.15) is 12.0 Å². The highest BCUT2D eigenvalue weighted by Gasteiger charge is 2.08. The predicted molar refractivity (Wildman–Crippen MR) is 55.7 cm³/mol. The van der Waals surface area contributed by atoms with Gasteiger partial charge >= 0.3 is 0 Å². The SMILES string of the molecule is Cn1nccc1-c1cc(C=O)ccc1O. The van der Waals surface area contributed by atoms with Gasteiger partial charge < -0.3 is 5.11 Å². The first kappa shape index (κ1) is 9.45. The van der Waals surface area contributed by atoms with Crippen molar-refractivity contribution in [1.82, 2.24) is 9.78 Å². The fourth-order valence-electron chi connectivity index (χ4n) is 1.47.